The maximum atomic E-state index is 12.7. The molecule has 17 heavy (non-hydrogen) atoms. The van der Waals surface area contributed by atoms with Crippen LogP contribution in [0.15, 0.2) is 6.07 Å². The van der Waals surface area contributed by atoms with Crippen LogP contribution in [0, 0.1) is 0 Å². The molecule has 7 heteroatoms. The number of rotatable bonds is 0. The first-order valence-electron chi connectivity index (χ1n) is 4.89. The minimum Gasteiger partial charge on any atom is -0.503 e. The SMILES string of the molecule is Nc1cc(C(F)(F)F)c2c(c1O)OCCCO2. The first-order chi connectivity index (χ1) is 7.91. The Kier molecular flexibility index (Phi) is 2.68. The van der Waals surface area contributed by atoms with E-state index < -0.39 is 23.2 Å². The minimum atomic E-state index is -4.61. The van der Waals surface area contributed by atoms with E-state index >= 15 is 0 Å². The van der Waals surface area contributed by atoms with Crippen molar-refractivity contribution in [3.05, 3.63) is 11.6 Å². The van der Waals surface area contributed by atoms with Crippen molar-refractivity contribution in [1.82, 2.24) is 0 Å². The summed E-state index contributed by atoms with van der Waals surface area (Å²) in [5.74, 6) is -1.36. The molecular formula is C10H10F3NO3. The molecule has 1 heterocycles. The quantitative estimate of drug-likeness (QED) is 0.546. The predicted octanol–water partition coefficient (Wildman–Crippen LogP) is 2.15. The number of nitrogen functional groups attached to an aromatic ring is 1. The highest BCUT2D eigenvalue weighted by atomic mass is 19.4. The van der Waals surface area contributed by atoms with Crippen LogP contribution in [-0.4, -0.2) is 18.3 Å². The van der Waals surface area contributed by atoms with Crippen molar-refractivity contribution >= 4 is 5.69 Å². The maximum absolute atomic E-state index is 12.7. The van der Waals surface area contributed by atoms with E-state index in [4.69, 9.17) is 15.2 Å². The molecule has 0 amide bonds. The molecule has 0 saturated heterocycles. The summed E-state index contributed by atoms with van der Waals surface area (Å²) in [6.45, 7) is 0.265. The number of phenolic OH excluding ortho intramolecular Hbond substituents is 1. The van der Waals surface area contributed by atoms with E-state index in [0.29, 0.717) is 12.5 Å². The van der Waals surface area contributed by atoms with Gasteiger partial charge in [0.1, 0.15) is 5.56 Å². The fraction of sp³-hybridized carbons (Fsp3) is 0.400. The summed E-state index contributed by atoms with van der Waals surface area (Å²) >= 11 is 0. The first-order valence-corrected chi connectivity index (χ1v) is 4.89. The van der Waals surface area contributed by atoms with Gasteiger partial charge >= 0.3 is 6.18 Å². The normalized spacial score (nSPS) is 15.5. The van der Waals surface area contributed by atoms with Crippen molar-refractivity contribution in [2.45, 2.75) is 12.6 Å². The Morgan fingerprint density at radius 2 is 1.76 bits per heavy atom. The van der Waals surface area contributed by atoms with Crippen molar-refractivity contribution < 1.29 is 27.8 Å². The molecule has 0 atom stereocenters. The zero-order valence-electron chi connectivity index (χ0n) is 8.67. The third kappa shape index (κ3) is 2.04. The van der Waals surface area contributed by atoms with Crippen LogP contribution in [0.4, 0.5) is 18.9 Å². The summed E-state index contributed by atoms with van der Waals surface area (Å²) in [4.78, 5) is 0. The molecule has 94 valence electrons. The Morgan fingerprint density at radius 1 is 1.18 bits per heavy atom. The van der Waals surface area contributed by atoms with Crippen molar-refractivity contribution in [3.63, 3.8) is 0 Å². The topological polar surface area (TPSA) is 64.7 Å². The van der Waals surface area contributed by atoms with Crippen molar-refractivity contribution in [1.29, 1.82) is 0 Å². The van der Waals surface area contributed by atoms with E-state index in [1.807, 2.05) is 0 Å². The highest BCUT2D eigenvalue weighted by Gasteiger charge is 2.38. The highest BCUT2D eigenvalue weighted by molar-refractivity contribution is 5.68. The lowest BCUT2D eigenvalue weighted by Crippen LogP contribution is -2.10. The van der Waals surface area contributed by atoms with Gasteiger partial charge in [-0.1, -0.05) is 0 Å². The Balaban J connectivity index is 2.65. The number of ether oxygens (including phenoxy) is 2. The third-order valence-electron chi connectivity index (χ3n) is 2.33. The Labute approximate surface area is 94.7 Å². The van der Waals surface area contributed by atoms with Gasteiger partial charge in [-0.05, 0) is 6.07 Å². The molecule has 0 aliphatic carbocycles. The van der Waals surface area contributed by atoms with Crippen LogP contribution in [0.2, 0.25) is 0 Å². The van der Waals surface area contributed by atoms with Crippen LogP contribution >= 0.6 is 0 Å². The van der Waals surface area contributed by atoms with Gasteiger partial charge < -0.3 is 20.3 Å². The molecule has 3 N–H and O–H groups in total. The molecule has 0 fully saturated rings. The van der Waals surface area contributed by atoms with Gasteiger partial charge in [0.15, 0.2) is 11.5 Å². The van der Waals surface area contributed by atoms with Gasteiger partial charge in [0.05, 0.1) is 18.9 Å². The van der Waals surface area contributed by atoms with Crippen LogP contribution < -0.4 is 15.2 Å². The second-order valence-electron chi connectivity index (χ2n) is 3.57. The number of phenols is 1. The molecule has 1 aliphatic rings. The predicted molar refractivity (Wildman–Crippen MR) is 53.1 cm³/mol. The second kappa shape index (κ2) is 3.90. The van der Waals surface area contributed by atoms with Crippen LogP contribution in [0.1, 0.15) is 12.0 Å². The van der Waals surface area contributed by atoms with Gasteiger partial charge in [-0.15, -0.1) is 0 Å². The Hall–Kier alpha value is -1.79. The van der Waals surface area contributed by atoms with Crippen molar-refractivity contribution in [2.75, 3.05) is 18.9 Å². The van der Waals surface area contributed by atoms with Gasteiger partial charge in [-0.2, -0.15) is 13.2 Å². The van der Waals surface area contributed by atoms with Crippen LogP contribution in [0.5, 0.6) is 17.2 Å². The maximum Gasteiger partial charge on any atom is 0.420 e. The summed E-state index contributed by atoms with van der Waals surface area (Å²) in [6.07, 6.45) is -4.18. The first kappa shape index (κ1) is 11.7. The fourth-order valence-corrected chi connectivity index (χ4v) is 1.55. The van der Waals surface area contributed by atoms with Gasteiger partial charge in [-0.25, -0.2) is 0 Å². The lowest BCUT2D eigenvalue weighted by atomic mass is 10.1. The van der Waals surface area contributed by atoms with E-state index in [0.717, 1.165) is 0 Å². The molecule has 0 bridgehead atoms. The average Bonchev–Trinajstić information content (AvgIpc) is 2.47. The van der Waals surface area contributed by atoms with Crippen molar-refractivity contribution in [2.24, 2.45) is 0 Å². The van der Waals surface area contributed by atoms with Gasteiger partial charge in [0, 0.05) is 6.42 Å². The molecule has 0 unspecified atom stereocenters. The lowest BCUT2D eigenvalue weighted by Gasteiger charge is -2.17. The van der Waals surface area contributed by atoms with E-state index in [2.05, 4.69) is 0 Å². The molecule has 1 aromatic rings. The fourth-order valence-electron chi connectivity index (χ4n) is 1.55. The number of alkyl halides is 3. The summed E-state index contributed by atoms with van der Waals surface area (Å²) < 4.78 is 48.3. The van der Waals surface area contributed by atoms with E-state index in [1.165, 1.54) is 0 Å². The second-order valence-corrected chi connectivity index (χ2v) is 3.57. The zero-order chi connectivity index (χ0) is 12.6. The van der Waals surface area contributed by atoms with Crippen LogP contribution in [0.3, 0.4) is 0 Å². The molecule has 0 aromatic heterocycles. The van der Waals surface area contributed by atoms with Crippen LogP contribution in [-0.2, 0) is 6.18 Å². The number of halogens is 3. The smallest absolute Gasteiger partial charge is 0.420 e. The highest BCUT2D eigenvalue weighted by Crippen LogP contribution is 2.49. The zero-order valence-corrected chi connectivity index (χ0v) is 8.67. The van der Waals surface area contributed by atoms with E-state index in [9.17, 15) is 18.3 Å². The molecule has 0 spiro atoms. The van der Waals surface area contributed by atoms with Crippen molar-refractivity contribution in [3.8, 4) is 17.2 Å². The largest absolute Gasteiger partial charge is 0.503 e. The number of benzene rings is 1. The molecule has 4 nitrogen and oxygen atoms in total. The number of aromatic hydroxyl groups is 1. The number of anilines is 1. The van der Waals surface area contributed by atoms with E-state index in [1.54, 1.807) is 0 Å². The average molecular weight is 249 g/mol. The molecule has 2 rings (SSSR count). The molecule has 0 radical (unpaired) electrons. The monoisotopic (exact) mass is 249 g/mol. The minimum absolute atomic E-state index is 0.0967. The molecule has 1 aromatic carbocycles. The van der Waals surface area contributed by atoms with Crippen LogP contribution in [0.25, 0.3) is 0 Å². The number of hydrogen-bond acceptors (Lipinski definition) is 4. The number of hydrogen-bond donors (Lipinski definition) is 2. The summed E-state index contributed by atoms with van der Waals surface area (Å²) in [6, 6.07) is 0.642. The lowest BCUT2D eigenvalue weighted by molar-refractivity contribution is -0.138. The van der Waals surface area contributed by atoms with Gasteiger partial charge in [0.2, 0.25) is 5.75 Å². The summed E-state index contributed by atoms with van der Waals surface area (Å²) in [5, 5.41) is 9.56. The standard InChI is InChI=1S/C10H10F3NO3/c11-10(12,13)5-4-6(14)7(15)9-8(5)16-2-1-3-17-9/h4,15H,1-3,14H2. The Bertz CT molecular complexity index is 445. The van der Waals surface area contributed by atoms with Gasteiger partial charge in [0.25, 0.3) is 0 Å². The third-order valence-corrected chi connectivity index (χ3v) is 2.33. The molecule has 1 aliphatic heterocycles. The van der Waals surface area contributed by atoms with Gasteiger partial charge in [-0.3, -0.25) is 0 Å². The molecule has 0 saturated carbocycles. The summed E-state index contributed by atoms with van der Waals surface area (Å²) in [7, 11) is 0. The number of nitrogens with two attached hydrogens (primary N) is 1. The number of fused-ring (bicyclic) bond motifs is 1. The summed E-state index contributed by atoms with van der Waals surface area (Å²) in [5.41, 5.74) is 3.88. The Morgan fingerprint density at radius 3 is 2.35 bits per heavy atom. The van der Waals surface area contributed by atoms with E-state index in [-0.39, 0.29) is 24.7 Å². The molecular weight excluding hydrogens is 239 g/mol.